The first-order valence-corrected chi connectivity index (χ1v) is 5.38. The summed E-state index contributed by atoms with van der Waals surface area (Å²) >= 11 is 0. The number of nitrogens with zero attached hydrogens (tertiary/aromatic N) is 1. The second-order valence-electron chi connectivity index (χ2n) is 5.25. The Bertz CT molecular complexity index is 152. The first kappa shape index (κ1) is 11.0. The van der Waals surface area contributed by atoms with Gasteiger partial charge in [0.25, 0.3) is 0 Å². The third kappa shape index (κ3) is 4.10. The Morgan fingerprint density at radius 3 is 2.46 bits per heavy atom. The molecular formula is C11H24N2. The number of rotatable bonds is 6. The normalized spacial score (nSPS) is 25.2. The van der Waals surface area contributed by atoms with E-state index in [9.17, 15) is 0 Å². The summed E-state index contributed by atoms with van der Waals surface area (Å²) in [5, 5.41) is 3.53. The summed E-state index contributed by atoms with van der Waals surface area (Å²) in [4.78, 5) is 2.24. The van der Waals surface area contributed by atoms with Crippen molar-refractivity contribution < 1.29 is 0 Å². The minimum absolute atomic E-state index is 0.633. The van der Waals surface area contributed by atoms with Crippen LogP contribution in [0.2, 0.25) is 0 Å². The molecule has 0 bridgehead atoms. The SMILES string of the molecule is CN(C)CCCNCC1CC1(C)C. The molecule has 0 aliphatic heterocycles. The quantitative estimate of drug-likeness (QED) is 0.630. The smallest absolute Gasteiger partial charge is 0.00127 e. The van der Waals surface area contributed by atoms with Crippen LogP contribution < -0.4 is 5.32 Å². The Balaban J connectivity index is 1.86. The van der Waals surface area contributed by atoms with Gasteiger partial charge in [-0.2, -0.15) is 0 Å². The fourth-order valence-corrected chi connectivity index (χ4v) is 1.72. The molecule has 2 nitrogen and oxygen atoms in total. The summed E-state index contributed by atoms with van der Waals surface area (Å²) in [6.45, 7) is 8.31. The maximum absolute atomic E-state index is 3.53. The van der Waals surface area contributed by atoms with Crippen LogP contribution in [-0.4, -0.2) is 38.6 Å². The average molecular weight is 184 g/mol. The van der Waals surface area contributed by atoms with Gasteiger partial charge in [-0.05, 0) is 57.9 Å². The van der Waals surface area contributed by atoms with Gasteiger partial charge < -0.3 is 10.2 Å². The Morgan fingerprint density at radius 1 is 1.38 bits per heavy atom. The van der Waals surface area contributed by atoms with E-state index in [0.717, 1.165) is 5.92 Å². The van der Waals surface area contributed by atoms with Crippen LogP contribution in [0.25, 0.3) is 0 Å². The van der Waals surface area contributed by atoms with Gasteiger partial charge in [0, 0.05) is 0 Å². The molecule has 1 saturated carbocycles. The molecule has 1 atom stereocenters. The van der Waals surface area contributed by atoms with E-state index in [4.69, 9.17) is 0 Å². The van der Waals surface area contributed by atoms with E-state index in [1.165, 1.54) is 32.5 Å². The van der Waals surface area contributed by atoms with Crippen molar-refractivity contribution in [1.29, 1.82) is 0 Å². The lowest BCUT2D eigenvalue weighted by atomic mass is 10.1. The monoisotopic (exact) mass is 184 g/mol. The van der Waals surface area contributed by atoms with E-state index in [1.54, 1.807) is 0 Å². The van der Waals surface area contributed by atoms with Crippen LogP contribution in [0.15, 0.2) is 0 Å². The zero-order valence-corrected chi connectivity index (χ0v) is 9.56. The standard InChI is InChI=1S/C11H24N2/c1-11(2)8-10(11)9-12-6-5-7-13(3)4/h10,12H,5-9H2,1-4H3. The van der Waals surface area contributed by atoms with E-state index in [0.29, 0.717) is 5.41 Å². The van der Waals surface area contributed by atoms with Gasteiger partial charge in [0.2, 0.25) is 0 Å². The highest BCUT2D eigenvalue weighted by molar-refractivity contribution is 4.95. The lowest BCUT2D eigenvalue weighted by molar-refractivity contribution is 0.391. The number of hydrogen-bond acceptors (Lipinski definition) is 2. The van der Waals surface area contributed by atoms with Crippen molar-refractivity contribution in [3.05, 3.63) is 0 Å². The van der Waals surface area contributed by atoms with Gasteiger partial charge in [0.05, 0.1) is 0 Å². The minimum atomic E-state index is 0.633. The van der Waals surface area contributed by atoms with E-state index < -0.39 is 0 Å². The molecule has 1 unspecified atom stereocenters. The molecule has 1 fully saturated rings. The molecular weight excluding hydrogens is 160 g/mol. The molecule has 0 saturated heterocycles. The fraction of sp³-hybridized carbons (Fsp3) is 1.00. The first-order chi connectivity index (χ1) is 6.02. The lowest BCUT2D eigenvalue weighted by Crippen LogP contribution is -2.23. The molecule has 1 aliphatic carbocycles. The van der Waals surface area contributed by atoms with Gasteiger partial charge >= 0.3 is 0 Å². The molecule has 0 aromatic carbocycles. The first-order valence-electron chi connectivity index (χ1n) is 5.38. The van der Waals surface area contributed by atoms with Gasteiger partial charge in [-0.25, -0.2) is 0 Å². The van der Waals surface area contributed by atoms with E-state index in [-0.39, 0.29) is 0 Å². The summed E-state index contributed by atoms with van der Waals surface area (Å²) in [7, 11) is 4.26. The zero-order valence-electron chi connectivity index (χ0n) is 9.56. The highest BCUT2D eigenvalue weighted by Crippen LogP contribution is 2.50. The molecule has 1 N–H and O–H groups in total. The molecule has 0 amide bonds. The Kier molecular flexibility index (Phi) is 3.74. The van der Waals surface area contributed by atoms with E-state index >= 15 is 0 Å². The highest BCUT2D eigenvalue weighted by Gasteiger charge is 2.44. The van der Waals surface area contributed by atoms with Crippen molar-refractivity contribution in [1.82, 2.24) is 10.2 Å². The van der Waals surface area contributed by atoms with Crippen molar-refractivity contribution in [2.45, 2.75) is 26.7 Å². The molecule has 0 aromatic rings. The van der Waals surface area contributed by atoms with Crippen LogP contribution in [0, 0.1) is 11.3 Å². The van der Waals surface area contributed by atoms with Gasteiger partial charge in [0.1, 0.15) is 0 Å². The van der Waals surface area contributed by atoms with Crippen LogP contribution in [-0.2, 0) is 0 Å². The summed E-state index contributed by atoms with van der Waals surface area (Å²) in [6, 6.07) is 0. The van der Waals surface area contributed by atoms with Gasteiger partial charge in [-0.15, -0.1) is 0 Å². The molecule has 0 radical (unpaired) electrons. The highest BCUT2D eigenvalue weighted by atomic mass is 15.1. The van der Waals surface area contributed by atoms with Gasteiger partial charge in [-0.1, -0.05) is 13.8 Å². The third-order valence-corrected chi connectivity index (χ3v) is 3.07. The fourth-order valence-electron chi connectivity index (χ4n) is 1.72. The van der Waals surface area contributed by atoms with Crippen LogP contribution in [0.1, 0.15) is 26.7 Å². The Hall–Kier alpha value is -0.0800. The minimum Gasteiger partial charge on any atom is -0.316 e. The molecule has 13 heavy (non-hydrogen) atoms. The van der Waals surface area contributed by atoms with Crippen LogP contribution in [0.3, 0.4) is 0 Å². The summed E-state index contributed by atoms with van der Waals surface area (Å²) in [6.07, 6.45) is 2.67. The summed E-state index contributed by atoms with van der Waals surface area (Å²) in [5.74, 6) is 0.937. The number of nitrogens with one attached hydrogen (secondary N) is 1. The maximum atomic E-state index is 3.53. The summed E-state index contributed by atoms with van der Waals surface area (Å²) in [5.41, 5.74) is 0.633. The molecule has 0 heterocycles. The van der Waals surface area contributed by atoms with Crippen molar-refractivity contribution in [2.75, 3.05) is 33.7 Å². The van der Waals surface area contributed by atoms with E-state index in [1.807, 2.05) is 0 Å². The maximum Gasteiger partial charge on any atom is -0.00127 e. The van der Waals surface area contributed by atoms with Gasteiger partial charge in [-0.3, -0.25) is 0 Å². The largest absolute Gasteiger partial charge is 0.316 e. The zero-order chi connectivity index (χ0) is 9.90. The third-order valence-electron chi connectivity index (χ3n) is 3.07. The predicted octanol–water partition coefficient (Wildman–Crippen LogP) is 1.57. The van der Waals surface area contributed by atoms with Crippen LogP contribution in [0.5, 0.6) is 0 Å². The average Bonchev–Trinajstić information content (AvgIpc) is 2.58. The molecule has 1 aliphatic rings. The molecule has 0 aromatic heterocycles. The second kappa shape index (κ2) is 4.43. The van der Waals surface area contributed by atoms with Crippen molar-refractivity contribution in [2.24, 2.45) is 11.3 Å². The van der Waals surface area contributed by atoms with Crippen LogP contribution >= 0.6 is 0 Å². The Morgan fingerprint density at radius 2 is 2.00 bits per heavy atom. The van der Waals surface area contributed by atoms with Crippen LogP contribution in [0.4, 0.5) is 0 Å². The molecule has 2 heteroatoms. The predicted molar refractivity (Wildman–Crippen MR) is 57.9 cm³/mol. The van der Waals surface area contributed by atoms with Crippen molar-refractivity contribution >= 4 is 0 Å². The molecule has 78 valence electrons. The molecule has 1 rings (SSSR count). The Labute approximate surface area is 82.7 Å². The van der Waals surface area contributed by atoms with Crippen molar-refractivity contribution in [3.8, 4) is 0 Å². The van der Waals surface area contributed by atoms with Crippen molar-refractivity contribution in [3.63, 3.8) is 0 Å². The lowest BCUT2D eigenvalue weighted by Gasteiger charge is -2.10. The van der Waals surface area contributed by atoms with Gasteiger partial charge in [0.15, 0.2) is 0 Å². The summed E-state index contributed by atoms with van der Waals surface area (Å²) < 4.78 is 0. The second-order valence-corrected chi connectivity index (χ2v) is 5.25. The number of hydrogen-bond donors (Lipinski definition) is 1. The van der Waals surface area contributed by atoms with E-state index in [2.05, 4.69) is 38.2 Å². The molecule has 0 spiro atoms. The topological polar surface area (TPSA) is 15.3 Å².